The molecule has 7 heteroatoms. The first-order valence-corrected chi connectivity index (χ1v) is 5.72. The molecule has 2 aromatic heterocycles. The van der Waals surface area contributed by atoms with Crippen molar-refractivity contribution < 1.29 is 4.74 Å². The molecule has 0 spiro atoms. The maximum absolute atomic E-state index is 5.64. The monoisotopic (exact) mass is 247 g/mol. The van der Waals surface area contributed by atoms with Crippen LogP contribution >= 0.6 is 11.3 Å². The zero-order valence-corrected chi connectivity index (χ0v) is 9.81. The molecule has 1 aromatic carbocycles. The lowest BCUT2D eigenvalue weighted by atomic mass is 10.2. The van der Waals surface area contributed by atoms with Crippen LogP contribution < -0.4 is 10.5 Å². The minimum absolute atomic E-state index is 0.464. The van der Waals surface area contributed by atoms with Gasteiger partial charge >= 0.3 is 0 Å². The lowest BCUT2D eigenvalue weighted by Crippen LogP contribution is -1.94. The summed E-state index contributed by atoms with van der Waals surface area (Å²) >= 11 is 1.30. The van der Waals surface area contributed by atoms with Gasteiger partial charge in [0, 0.05) is 0 Å². The molecule has 86 valence electrons. The number of nitrogen functional groups attached to an aromatic ring is 1. The SMILES string of the molecule is COc1ccccc1-c1nnc2sc(N)nn12. The van der Waals surface area contributed by atoms with Crippen LogP contribution in [0.15, 0.2) is 24.3 Å². The number of aromatic nitrogens is 4. The van der Waals surface area contributed by atoms with Crippen molar-refractivity contribution in [2.24, 2.45) is 0 Å². The van der Waals surface area contributed by atoms with Crippen LogP contribution in [0, 0.1) is 0 Å². The number of hydrogen-bond acceptors (Lipinski definition) is 6. The fourth-order valence-electron chi connectivity index (χ4n) is 1.63. The first-order chi connectivity index (χ1) is 8.29. The van der Waals surface area contributed by atoms with E-state index in [1.165, 1.54) is 11.3 Å². The molecule has 0 bridgehead atoms. The van der Waals surface area contributed by atoms with Gasteiger partial charge in [0.25, 0.3) is 0 Å². The highest BCUT2D eigenvalue weighted by Crippen LogP contribution is 2.29. The summed E-state index contributed by atoms with van der Waals surface area (Å²) < 4.78 is 6.91. The first-order valence-electron chi connectivity index (χ1n) is 4.90. The van der Waals surface area contributed by atoms with Crippen LogP contribution in [-0.4, -0.2) is 26.9 Å². The zero-order chi connectivity index (χ0) is 11.8. The van der Waals surface area contributed by atoms with Crippen LogP contribution in [0.1, 0.15) is 0 Å². The Morgan fingerprint density at radius 3 is 2.94 bits per heavy atom. The second kappa shape index (κ2) is 3.70. The molecule has 2 N–H and O–H groups in total. The molecule has 17 heavy (non-hydrogen) atoms. The Morgan fingerprint density at radius 1 is 1.29 bits per heavy atom. The molecule has 0 fully saturated rings. The Balaban J connectivity index is 2.26. The Labute approximate surface area is 101 Å². The molecule has 2 heterocycles. The summed E-state index contributed by atoms with van der Waals surface area (Å²) in [5, 5.41) is 12.7. The molecule has 0 saturated carbocycles. The number of nitrogens with zero attached hydrogens (tertiary/aromatic N) is 4. The number of benzene rings is 1. The molecule has 6 nitrogen and oxygen atoms in total. The normalized spacial score (nSPS) is 10.9. The van der Waals surface area contributed by atoms with Gasteiger partial charge in [0.15, 0.2) is 5.82 Å². The number of fused-ring (bicyclic) bond motifs is 1. The average Bonchev–Trinajstić information content (AvgIpc) is 2.87. The molecular weight excluding hydrogens is 238 g/mol. The smallest absolute Gasteiger partial charge is 0.236 e. The summed E-state index contributed by atoms with van der Waals surface area (Å²) in [4.78, 5) is 0.670. The van der Waals surface area contributed by atoms with E-state index in [1.807, 2.05) is 24.3 Å². The highest BCUT2D eigenvalue weighted by molar-refractivity contribution is 7.20. The van der Waals surface area contributed by atoms with Crippen LogP contribution in [0.25, 0.3) is 16.3 Å². The quantitative estimate of drug-likeness (QED) is 0.741. The Bertz CT molecular complexity index is 674. The van der Waals surface area contributed by atoms with E-state index in [2.05, 4.69) is 15.3 Å². The van der Waals surface area contributed by atoms with Crippen LogP contribution in [0.3, 0.4) is 0 Å². The van der Waals surface area contributed by atoms with Gasteiger partial charge in [0.2, 0.25) is 10.1 Å². The maximum Gasteiger partial charge on any atom is 0.236 e. The van der Waals surface area contributed by atoms with Crippen LogP contribution in [0.2, 0.25) is 0 Å². The summed E-state index contributed by atoms with van der Waals surface area (Å²) in [5.74, 6) is 1.36. The van der Waals surface area contributed by atoms with E-state index in [1.54, 1.807) is 11.6 Å². The van der Waals surface area contributed by atoms with Crippen molar-refractivity contribution in [1.29, 1.82) is 0 Å². The van der Waals surface area contributed by atoms with Gasteiger partial charge in [-0.2, -0.15) is 4.52 Å². The summed E-state index contributed by atoms with van der Waals surface area (Å²) in [6, 6.07) is 7.58. The van der Waals surface area contributed by atoms with Crippen LogP contribution in [0.5, 0.6) is 5.75 Å². The standard InChI is InChI=1S/C10H9N5OS/c1-16-7-5-3-2-4-6(7)8-12-13-10-15(8)14-9(11)17-10/h2-5H,1H3,(H2,11,14). The summed E-state index contributed by atoms with van der Waals surface area (Å²) in [5.41, 5.74) is 6.48. The van der Waals surface area contributed by atoms with Gasteiger partial charge in [-0.25, -0.2) is 0 Å². The van der Waals surface area contributed by atoms with Crippen molar-refractivity contribution in [2.45, 2.75) is 0 Å². The third kappa shape index (κ3) is 1.51. The van der Waals surface area contributed by atoms with Gasteiger partial charge in [-0.05, 0) is 12.1 Å². The highest BCUT2D eigenvalue weighted by atomic mass is 32.1. The minimum atomic E-state index is 0.464. The van der Waals surface area contributed by atoms with Crippen molar-refractivity contribution in [3.63, 3.8) is 0 Å². The van der Waals surface area contributed by atoms with Gasteiger partial charge in [-0.15, -0.1) is 15.3 Å². The fraction of sp³-hybridized carbons (Fsp3) is 0.100. The molecule has 0 aliphatic carbocycles. The lowest BCUT2D eigenvalue weighted by molar-refractivity contribution is 0.416. The van der Waals surface area contributed by atoms with Crippen molar-refractivity contribution in [3.8, 4) is 17.1 Å². The number of hydrogen-bond donors (Lipinski definition) is 1. The number of rotatable bonds is 2. The van der Waals surface area contributed by atoms with Crippen LogP contribution in [0.4, 0.5) is 5.13 Å². The number of ether oxygens (including phenoxy) is 1. The van der Waals surface area contributed by atoms with Gasteiger partial charge in [-0.3, -0.25) is 0 Å². The third-order valence-corrected chi connectivity index (χ3v) is 3.08. The third-order valence-electron chi connectivity index (χ3n) is 2.35. The summed E-state index contributed by atoms with van der Waals surface area (Å²) in [6.45, 7) is 0. The van der Waals surface area contributed by atoms with Gasteiger partial charge in [-0.1, -0.05) is 23.5 Å². The minimum Gasteiger partial charge on any atom is -0.496 e. The van der Waals surface area contributed by atoms with E-state index < -0.39 is 0 Å². The zero-order valence-electron chi connectivity index (χ0n) is 8.99. The maximum atomic E-state index is 5.64. The van der Waals surface area contributed by atoms with Crippen molar-refractivity contribution >= 4 is 21.4 Å². The van der Waals surface area contributed by atoms with Gasteiger partial charge in [0.05, 0.1) is 12.7 Å². The Hall–Kier alpha value is -2.15. The number of para-hydroxylation sites is 1. The van der Waals surface area contributed by atoms with E-state index in [9.17, 15) is 0 Å². The van der Waals surface area contributed by atoms with Gasteiger partial charge in [0.1, 0.15) is 5.75 Å². The van der Waals surface area contributed by atoms with Crippen molar-refractivity contribution in [3.05, 3.63) is 24.3 Å². The molecule has 0 radical (unpaired) electrons. The number of nitrogens with two attached hydrogens (primary N) is 1. The number of anilines is 1. The molecule has 3 rings (SSSR count). The topological polar surface area (TPSA) is 78.3 Å². The van der Waals surface area contributed by atoms with Gasteiger partial charge < -0.3 is 10.5 Å². The Morgan fingerprint density at radius 2 is 2.12 bits per heavy atom. The molecule has 3 aromatic rings. The van der Waals surface area contributed by atoms with E-state index in [0.29, 0.717) is 15.9 Å². The first kappa shape index (κ1) is 10.0. The second-order valence-electron chi connectivity index (χ2n) is 3.36. The van der Waals surface area contributed by atoms with E-state index in [0.717, 1.165) is 11.3 Å². The average molecular weight is 247 g/mol. The predicted molar refractivity (Wildman–Crippen MR) is 65.1 cm³/mol. The summed E-state index contributed by atoms with van der Waals surface area (Å²) in [6.07, 6.45) is 0. The fourth-order valence-corrected chi connectivity index (χ4v) is 2.23. The summed E-state index contributed by atoms with van der Waals surface area (Å²) in [7, 11) is 1.62. The molecule has 0 aliphatic rings. The lowest BCUT2D eigenvalue weighted by Gasteiger charge is -2.04. The molecular formula is C10H9N5OS. The molecule has 0 atom stereocenters. The van der Waals surface area contributed by atoms with E-state index >= 15 is 0 Å². The number of methoxy groups -OCH3 is 1. The van der Waals surface area contributed by atoms with E-state index in [4.69, 9.17) is 10.5 Å². The van der Waals surface area contributed by atoms with Crippen LogP contribution in [-0.2, 0) is 0 Å². The largest absolute Gasteiger partial charge is 0.496 e. The second-order valence-corrected chi connectivity index (χ2v) is 4.35. The molecule has 0 amide bonds. The molecule has 0 saturated heterocycles. The van der Waals surface area contributed by atoms with Crippen molar-refractivity contribution in [2.75, 3.05) is 12.8 Å². The Kier molecular flexibility index (Phi) is 2.19. The predicted octanol–water partition coefficient (Wildman–Crippen LogP) is 1.44. The van der Waals surface area contributed by atoms with Crippen molar-refractivity contribution in [1.82, 2.24) is 19.8 Å². The molecule has 0 unspecified atom stereocenters. The van der Waals surface area contributed by atoms with E-state index in [-0.39, 0.29) is 0 Å². The highest BCUT2D eigenvalue weighted by Gasteiger charge is 2.15. The molecule has 0 aliphatic heterocycles.